The molecule has 0 unspecified atom stereocenters. The average Bonchev–Trinajstić information content (AvgIpc) is 2.19. The second-order valence-corrected chi connectivity index (χ2v) is 5.60. The van der Waals surface area contributed by atoms with Gasteiger partial charge < -0.3 is 11.1 Å². The zero-order valence-corrected chi connectivity index (χ0v) is 10.2. The lowest BCUT2D eigenvalue weighted by atomic mass is 9.84. The standard InChI is InChI=1S/C12H17FN2S/c1-16-12(5-2-6-12)8-15-11-4-3-9(13)7-10(11)14/h3-4,7,15H,2,5-6,8,14H2,1H3. The van der Waals surface area contributed by atoms with Crippen molar-refractivity contribution in [3.8, 4) is 0 Å². The number of nitrogen functional groups attached to an aromatic ring is 1. The number of nitrogens with one attached hydrogen (secondary N) is 1. The van der Waals surface area contributed by atoms with Crippen molar-refractivity contribution in [2.24, 2.45) is 0 Å². The summed E-state index contributed by atoms with van der Waals surface area (Å²) in [7, 11) is 0. The molecule has 0 atom stereocenters. The summed E-state index contributed by atoms with van der Waals surface area (Å²) >= 11 is 1.91. The highest BCUT2D eigenvalue weighted by Gasteiger charge is 2.35. The summed E-state index contributed by atoms with van der Waals surface area (Å²) in [4.78, 5) is 0. The Morgan fingerprint density at radius 3 is 2.75 bits per heavy atom. The Labute approximate surface area is 99.8 Å². The van der Waals surface area contributed by atoms with Gasteiger partial charge in [0.25, 0.3) is 0 Å². The molecule has 0 amide bonds. The van der Waals surface area contributed by atoms with Crippen LogP contribution in [0.3, 0.4) is 0 Å². The van der Waals surface area contributed by atoms with Gasteiger partial charge in [-0.15, -0.1) is 0 Å². The van der Waals surface area contributed by atoms with Crippen molar-refractivity contribution in [2.75, 3.05) is 23.9 Å². The molecule has 2 rings (SSSR count). The molecule has 0 aromatic heterocycles. The summed E-state index contributed by atoms with van der Waals surface area (Å²) in [6.45, 7) is 0.907. The van der Waals surface area contributed by atoms with Gasteiger partial charge >= 0.3 is 0 Å². The Hall–Kier alpha value is -0.900. The first-order valence-electron chi connectivity index (χ1n) is 5.49. The molecule has 0 spiro atoms. The quantitative estimate of drug-likeness (QED) is 0.794. The van der Waals surface area contributed by atoms with E-state index in [4.69, 9.17) is 5.73 Å². The molecule has 0 radical (unpaired) electrons. The van der Waals surface area contributed by atoms with E-state index in [-0.39, 0.29) is 5.82 Å². The summed E-state index contributed by atoms with van der Waals surface area (Å²) in [5, 5.41) is 3.32. The molecule has 88 valence electrons. The Balaban J connectivity index is 1.99. The molecule has 0 bridgehead atoms. The van der Waals surface area contributed by atoms with E-state index in [0.717, 1.165) is 12.2 Å². The molecule has 2 nitrogen and oxygen atoms in total. The van der Waals surface area contributed by atoms with E-state index in [0.29, 0.717) is 10.4 Å². The van der Waals surface area contributed by atoms with Gasteiger partial charge in [0.2, 0.25) is 0 Å². The van der Waals surface area contributed by atoms with Crippen molar-refractivity contribution in [1.82, 2.24) is 0 Å². The molecule has 1 aliphatic rings. The van der Waals surface area contributed by atoms with Crippen LogP contribution in [0.25, 0.3) is 0 Å². The van der Waals surface area contributed by atoms with Crippen LogP contribution in [0.4, 0.5) is 15.8 Å². The van der Waals surface area contributed by atoms with Gasteiger partial charge in [-0.25, -0.2) is 4.39 Å². The molecule has 16 heavy (non-hydrogen) atoms. The van der Waals surface area contributed by atoms with E-state index in [2.05, 4.69) is 11.6 Å². The third-order valence-corrected chi connectivity index (χ3v) is 4.73. The lowest BCUT2D eigenvalue weighted by molar-refractivity contribution is 0.380. The first kappa shape index (κ1) is 11.6. The third kappa shape index (κ3) is 2.26. The van der Waals surface area contributed by atoms with Crippen LogP contribution in [0.2, 0.25) is 0 Å². The predicted molar refractivity (Wildman–Crippen MR) is 69.4 cm³/mol. The minimum absolute atomic E-state index is 0.286. The Kier molecular flexibility index (Phi) is 3.28. The largest absolute Gasteiger partial charge is 0.397 e. The lowest BCUT2D eigenvalue weighted by Gasteiger charge is -2.40. The summed E-state index contributed by atoms with van der Waals surface area (Å²) in [6.07, 6.45) is 5.96. The molecule has 1 fully saturated rings. The first-order valence-corrected chi connectivity index (χ1v) is 6.72. The van der Waals surface area contributed by atoms with Crippen molar-refractivity contribution in [2.45, 2.75) is 24.0 Å². The van der Waals surface area contributed by atoms with Gasteiger partial charge in [0.15, 0.2) is 0 Å². The van der Waals surface area contributed by atoms with Crippen LogP contribution in [0, 0.1) is 5.82 Å². The van der Waals surface area contributed by atoms with Crippen molar-refractivity contribution in [3.63, 3.8) is 0 Å². The average molecular weight is 240 g/mol. The zero-order chi connectivity index (χ0) is 11.6. The number of hydrogen-bond donors (Lipinski definition) is 2. The fourth-order valence-corrected chi connectivity index (χ4v) is 2.89. The number of rotatable bonds is 4. The molecule has 0 heterocycles. The van der Waals surface area contributed by atoms with Gasteiger partial charge in [0.05, 0.1) is 11.4 Å². The van der Waals surface area contributed by atoms with Gasteiger partial charge in [0, 0.05) is 11.3 Å². The summed E-state index contributed by atoms with van der Waals surface area (Å²) in [6, 6.07) is 4.50. The maximum atomic E-state index is 12.9. The lowest BCUT2D eigenvalue weighted by Crippen LogP contribution is -2.40. The number of hydrogen-bond acceptors (Lipinski definition) is 3. The fraction of sp³-hybridized carbons (Fsp3) is 0.500. The Bertz CT molecular complexity index is 372. The van der Waals surface area contributed by atoms with Crippen LogP contribution in [0.5, 0.6) is 0 Å². The summed E-state index contributed by atoms with van der Waals surface area (Å²) in [5.74, 6) is -0.286. The fourth-order valence-electron chi connectivity index (χ4n) is 1.98. The van der Waals surface area contributed by atoms with Gasteiger partial charge in [-0.1, -0.05) is 6.42 Å². The molecular formula is C12H17FN2S. The number of anilines is 2. The zero-order valence-electron chi connectivity index (χ0n) is 9.42. The van der Waals surface area contributed by atoms with E-state index < -0.39 is 0 Å². The third-order valence-electron chi connectivity index (χ3n) is 3.31. The molecule has 0 aliphatic heterocycles. The van der Waals surface area contributed by atoms with Crippen LogP contribution in [0.15, 0.2) is 18.2 Å². The first-order chi connectivity index (χ1) is 7.65. The van der Waals surface area contributed by atoms with Crippen molar-refractivity contribution >= 4 is 23.1 Å². The minimum atomic E-state index is -0.286. The van der Waals surface area contributed by atoms with E-state index in [1.165, 1.54) is 31.4 Å². The van der Waals surface area contributed by atoms with Crippen LogP contribution < -0.4 is 11.1 Å². The number of benzene rings is 1. The number of thioether (sulfide) groups is 1. The van der Waals surface area contributed by atoms with E-state index in [1.807, 2.05) is 11.8 Å². The van der Waals surface area contributed by atoms with Gasteiger partial charge in [-0.2, -0.15) is 11.8 Å². The molecule has 4 heteroatoms. The van der Waals surface area contributed by atoms with Crippen LogP contribution >= 0.6 is 11.8 Å². The maximum absolute atomic E-state index is 12.9. The predicted octanol–water partition coefficient (Wildman–Crippen LogP) is 3.11. The topological polar surface area (TPSA) is 38.0 Å². The number of halogens is 1. The highest BCUT2D eigenvalue weighted by molar-refractivity contribution is 8.00. The SMILES string of the molecule is CSC1(CNc2ccc(F)cc2N)CCC1. The van der Waals surface area contributed by atoms with E-state index in [1.54, 1.807) is 6.07 Å². The monoisotopic (exact) mass is 240 g/mol. The minimum Gasteiger partial charge on any atom is -0.397 e. The van der Waals surface area contributed by atoms with Gasteiger partial charge in [-0.05, 0) is 37.3 Å². The molecule has 1 aromatic rings. The van der Waals surface area contributed by atoms with Crippen LogP contribution in [0.1, 0.15) is 19.3 Å². The second-order valence-electron chi connectivity index (χ2n) is 4.33. The van der Waals surface area contributed by atoms with E-state index >= 15 is 0 Å². The van der Waals surface area contributed by atoms with Gasteiger partial charge in [-0.3, -0.25) is 0 Å². The Morgan fingerprint density at radius 2 is 2.25 bits per heavy atom. The maximum Gasteiger partial charge on any atom is 0.125 e. The van der Waals surface area contributed by atoms with Crippen molar-refractivity contribution in [1.29, 1.82) is 0 Å². The molecule has 3 N–H and O–H groups in total. The van der Waals surface area contributed by atoms with Crippen LogP contribution in [-0.2, 0) is 0 Å². The second kappa shape index (κ2) is 4.53. The molecule has 0 saturated heterocycles. The smallest absolute Gasteiger partial charge is 0.125 e. The van der Waals surface area contributed by atoms with E-state index in [9.17, 15) is 4.39 Å². The van der Waals surface area contributed by atoms with Gasteiger partial charge in [0.1, 0.15) is 5.82 Å². The molecule has 1 saturated carbocycles. The van der Waals surface area contributed by atoms with Crippen molar-refractivity contribution < 1.29 is 4.39 Å². The summed E-state index contributed by atoms with van der Waals surface area (Å²) in [5.41, 5.74) is 7.06. The highest BCUT2D eigenvalue weighted by atomic mass is 32.2. The molecule has 1 aromatic carbocycles. The number of nitrogens with two attached hydrogens (primary N) is 1. The molecule has 1 aliphatic carbocycles. The normalized spacial score (nSPS) is 17.9. The summed E-state index contributed by atoms with van der Waals surface area (Å²) < 4.78 is 13.2. The highest BCUT2D eigenvalue weighted by Crippen LogP contribution is 2.42. The van der Waals surface area contributed by atoms with Crippen molar-refractivity contribution in [3.05, 3.63) is 24.0 Å². The Morgan fingerprint density at radius 1 is 1.50 bits per heavy atom. The van der Waals surface area contributed by atoms with Crippen LogP contribution in [-0.4, -0.2) is 17.5 Å². The molecular weight excluding hydrogens is 223 g/mol.